The number of carbonyl (C=O) groups is 1. The Morgan fingerprint density at radius 1 is 1.13 bits per heavy atom. The molecule has 0 radical (unpaired) electrons. The van der Waals surface area contributed by atoms with E-state index in [-0.39, 0.29) is 11.9 Å². The average molecular weight is 437 g/mol. The molecule has 0 aromatic heterocycles. The van der Waals surface area contributed by atoms with E-state index in [4.69, 9.17) is 16.6 Å². The molecule has 1 amide bonds. The molecule has 0 N–H and O–H groups in total. The van der Waals surface area contributed by atoms with Crippen molar-refractivity contribution in [3.63, 3.8) is 0 Å². The van der Waals surface area contributed by atoms with E-state index in [1.807, 2.05) is 24.3 Å². The molecule has 31 heavy (non-hydrogen) atoms. The van der Waals surface area contributed by atoms with Gasteiger partial charge < -0.3 is 4.90 Å². The van der Waals surface area contributed by atoms with Crippen molar-refractivity contribution in [1.29, 1.82) is 0 Å². The van der Waals surface area contributed by atoms with Gasteiger partial charge in [-0.1, -0.05) is 74.3 Å². The number of aliphatic imine (C=N–C) groups is 1. The van der Waals surface area contributed by atoms with E-state index in [0.29, 0.717) is 22.6 Å². The molecule has 1 atom stereocenters. The lowest BCUT2D eigenvalue weighted by atomic mass is 9.76. The standard InChI is InChI=1S/C27H33ClN2O/c1-5-24(21-11-9-19(4)10-12-21)30-26(31)25(22-7-6-8-23(28)17-22)29-27(30)15-13-20(14-16-27)18(2)3/h6-12,17-18,20,24H,5,13-16H2,1-4H3. The zero-order chi connectivity index (χ0) is 22.2. The smallest absolute Gasteiger partial charge is 0.275 e. The van der Waals surface area contributed by atoms with Crippen LogP contribution in [0.3, 0.4) is 0 Å². The summed E-state index contributed by atoms with van der Waals surface area (Å²) < 4.78 is 0. The Labute approximate surface area is 191 Å². The van der Waals surface area contributed by atoms with Gasteiger partial charge in [0.1, 0.15) is 11.4 Å². The maximum absolute atomic E-state index is 13.9. The second-order valence-corrected chi connectivity index (χ2v) is 9.98. The minimum absolute atomic E-state index is 0.0177. The lowest BCUT2D eigenvalue weighted by Crippen LogP contribution is -2.51. The summed E-state index contributed by atoms with van der Waals surface area (Å²) in [5, 5.41) is 0.634. The molecular formula is C27H33ClN2O. The molecule has 3 nitrogen and oxygen atoms in total. The van der Waals surface area contributed by atoms with Crippen molar-refractivity contribution in [3.8, 4) is 0 Å². The van der Waals surface area contributed by atoms with E-state index in [0.717, 1.165) is 37.7 Å². The first-order valence-corrected chi connectivity index (χ1v) is 12.0. The monoisotopic (exact) mass is 436 g/mol. The fraction of sp³-hybridized carbons (Fsp3) is 0.481. The van der Waals surface area contributed by atoms with Crippen LogP contribution in [-0.2, 0) is 4.79 Å². The minimum Gasteiger partial charge on any atom is -0.305 e. The molecule has 164 valence electrons. The first kappa shape index (κ1) is 22.1. The van der Waals surface area contributed by atoms with E-state index < -0.39 is 5.66 Å². The van der Waals surface area contributed by atoms with Gasteiger partial charge in [-0.3, -0.25) is 9.79 Å². The highest BCUT2D eigenvalue weighted by atomic mass is 35.5. The van der Waals surface area contributed by atoms with Crippen molar-refractivity contribution >= 4 is 23.2 Å². The quantitative estimate of drug-likeness (QED) is 0.497. The summed E-state index contributed by atoms with van der Waals surface area (Å²) in [6.07, 6.45) is 4.93. The number of rotatable bonds is 5. The predicted octanol–water partition coefficient (Wildman–Crippen LogP) is 6.97. The normalized spacial score (nSPS) is 24.7. The van der Waals surface area contributed by atoms with Crippen LogP contribution in [0.1, 0.15) is 75.6 Å². The molecule has 2 aromatic carbocycles. The zero-order valence-corrected chi connectivity index (χ0v) is 19.8. The number of nitrogens with zero attached hydrogens (tertiary/aromatic N) is 2. The van der Waals surface area contributed by atoms with Crippen LogP contribution in [0, 0.1) is 18.8 Å². The molecule has 1 fully saturated rings. The van der Waals surface area contributed by atoms with Crippen molar-refractivity contribution in [2.75, 3.05) is 0 Å². The highest BCUT2D eigenvalue weighted by molar-refractivity contribution is 6.47. The molecule has 1 spiro atoms. The molecule has 0 saturated heterocycles. The van der Waals surface area contributed by atoms with Crippen LogP contribution in [0.2, 0.25) is 5.02 Å². The highest BCUT2D eigenvalue weighted by Gasteiger charge is 2.51. The number of halogens is 1. The van der Waals surface area contributed by atoms with Gasteiger partial charge in [-0.05, 0) is 68.6 Å². The van der Waals surface area contributed by atoms with Crippen molar-refractivity contribution in [2.45, 2.75) is 71.5 Å². The van der Waals surface area contributed by atoms with E-state index in [1.54, 1.807) is 0 Å². The number of carbonyl (C=O) groups excluding carboxylic acids is 1. The molecule has 1 unspecified atom stereocenters. The highest BCUT2D eigenvalue weighted by Crippen LogP contribution is 2.47. The summed E-state index contributed by atoms with van der Waals surface area (Å²) in [6.45, 7) is 8.88. The second kappa shape index (κ2) is 8.78. The van der Waals surface area contributed by atoms with Crippen molar-refractivity contribution < 1.29 is 4.79 Å². The van der Waals surface area contributed by atoms with Gasteiger partial charge in [0.05, 0.1) is 6.04 Å². The summed E-state index contributed by atoms with van der Waals surface area (Å²) >= 11 is 6.26. The zero-order valence-electron chi connectivity index (χ0n) is 19.1. The van der Waals surface area contributed by atoms with Gasteiger partial charge in [0.2, 0.25) is 0 Å². The number of amides is 1. The van der Waals surface area contributed by atoms with Gasteiger partial charge in [0.25, 0.3) is 5.91 Å². The maximum atomic E-state index is 13.9. The van der Waals surface area contributed by atoms with Crippen LogP contribution < -0.4 is 0 Å². The SMILES string of the molecule is CCC(c1ccc(C)cc1)N1C(=O)C(c2cccc(Cl)c2)=NC12CCC(C(C)C)CC2. The summed E-state index contributed by atoms with van der Waals surface area (Å²) in [6, 6.07) is 16.2. The maximum Gasteiger partial charge on any atom is 0.275 e. The number of hydrogen-bond acceptors (Lipinski definition) is 2. The van der Waals surface area contributed by atoms with Crippen LogP contribution >= 0.6 is 11.6 Å². The van der Waals surface area contributed by atoms with Gasteiger partial charge >= 0.3 is 0 Å². The van der Waals surface area contributed by atoms with Gasteiger partial charge in [0.15, 0.2) is 0 Å². The minimum atomic E-state index is -0.453. The van der Waals surface area contributed by atoms with Crippen LogP contribution in [0.15, 0.2) is 53.5 Å². The van der Waals surface area contributed by atoms with Gasteiger partial charge in [-0.15, -0.1) is 0 Å². The largest absolute Gasteiger partial charge is 0.305 e. The van der Waals surface area contributed by atoms with E-state index in [2.05, 4.69) is 56.9 Å². The third-order valence-electron chi connectivity index (χ3n) is 7.22. The number of benzene rings is 2. The molecular weight excluding hydrogens is 404 g/mol. The molecule has 4 rings (SSSR count). The summed E-state index contributed by atoms with van der Waals surface area (Å²) in [7, 11) is 0. The summed E-state index contributed by atoms with van der Waals surface area (Å²) in [5.41, 5.74) is 3.36. The Morgan fingerprint density at radius 2 is 1.81 bits per heavy atom. The fourth-order valence-electron chi connectivity index (χ4n) is 5.35. The fourth-order valence-corrected chi connectivity index (χ4v) is 5.54. The van der Waals surface area contributed by atoms with E-state index >= 15 is 0 Å². The van der Waals surface area contributed by atoms with Gasteiger partial charge in [0, 0.05) is 10.6 Å². The first-order valence-electron chi connectivity index (χ1n) is 11.6. The number of hydrogen-bond donors (Lipinski definition) is 0. The second-order valence-electron chi connectivity index (χ2n) is 9.54. The molecule has 4 heteroatoms. The molecule has 1 heterocycles. The Bertz CT molecular complexity index is 971. The Morgan fingerprint density at radius 3 is 2.39 bits per heavy atom. The van der Waals surface area contributed by atoms with Crippen LogP contribution in [0.4, 0.5) is 0 Å². The molecule has 2 aliphatic rings. The van der Waals surface area contributed by atoms with Gasteiger partial charge in [-0.25, -0.2) is 0 Å². The Kier molecular flexibility index (Phi) is 6.25. The molecule has 1 saturated carbocycles. The van der Waals surface area contributed by atoms with Crippen LogP contribution in [0.25, 0.3) is 0 Å². The molecule has 1 aliphatic heterocycles. The van der Waals surface area contributed by atoms with E-state index in [1.165, 1.54) is 11.1 Å². The first-order chi connectivity index (χ1) is 14.8. The van der Waals surface area contributed by atoms with Crippen molar-refractivity contribution in [2.24, 2.45) is 16.8 Å². The topological polar surface area (TPSA) is 32.7 Å². The van der Waals surface area contributed by atoms with Crippen LogP contribution in [0.5, 0.6) is 0 Å². The predicted molar refractivity (Wildman–Crippen MR) is 129 cm³/mol. The van der Waals surface area contributed by atoms with Crippen molar-refractivity contribution in [1.82, 2.24) is 4.90 Å². The number of aryl methyl sites for hydroxylation is 1. The average Bonchev–Trinajstić information content (AvgIpc) is 3.02. The van der Waals surface area contributed by atoms with E-state index in [9.17, 15) is 4.79 Å². The lowest BCUT2D eigenvalue weighted by Gasteiger charge is -2.46. The van der Waals surface area contributed by atoms with Gasteiger partial charge in [-0.2, -0.15) is 0 Å². The lowest BCUT2D eigenvalue weighted by molar-refractivity contribution is -0.133. The summed E-state index contributed by atoms with van der Waals surface area (Å²) in [5.74, 6) is 1.41. The summed E-state index contributed by atoms with van der Waals surface area (Å²) in [4.78, 5) is 21.2. The Hall–Kier alpha value is -2.13. The Balaban J connectivity index is 1.76. The third kappa shape index (κ3) is 4.17. The molecule has 2 aromatic rings. The third-order valence-corrected chi connectivity index (χ3v) is 7.46. The molecule has 0 bridgehead atoms. The van der Waals surface area contributed by atoms with Crippen molar-refractivity contribution in [3.05, 3.63) is 70.2 Å². The molecule has 1 aliphatic carbocycles. The van der Waals surface area contributed by atoms with Crippen LogP contribution in [-0.4, -0.2) is 22.2 Å².